The molecule has 0 amide bonds. The van der Waals surface area contributed by atoms with Crippen LogP contribution in [0.15, 0.2) is 16.7 Å². The van der Waals surface area contributed by atoms with Crippen LogP contribution in [0.5, 0.6) is 5.75 Å². The molecule has 2 nitrogen and oxygen atoms in total. The van der Waals surface area contributed by atoms with Crippen LogP contribution >= 0.6 is 12.2 Å². The zero-order valence-corrected chi connectivity index (χ0v) is 5.70. The summed E-state index contributed by atoms with van der Waals surface area (Å²) in [6, 6.07) is 1.48. The molecular formula is C6H5O2S-. The molecule has 0 fully saturated rings. The van der Waals surface area contributed by atoms with Gasteiger partial charge in [-0.3, -0.25) is 0 Å². The van der Waals surface area contributed by atoms with Gasteiger partial charge in [0.1, 0.15) is 0 Å². The van der Waals surface area contributed by atoms with Crippen LogP contribution in [-0.4, -0.2) is 0 Å². The standard InChI is InChI=1S/C6H6O2S/c1-4-6(7)5(9)2-3-8-4/h2-3,7H,1H3/p-1. The number of hydrogen-bond acceptors (Lipinski definition) is 3. The van der Waals surface area contributed by atoms with Crippen molar-refractivity contribution in [1.82, 2.24) is 0 Å². The molecule has 9 heavy (non-hydrogen) atoms. The van der Waals surface area contributed by atoms with Gasteiger partial charge in [0.15, 0.2) is 0 Å². The number of aryl methyl sites for hydroxylation is 1. The first kappa shape index (κ1) is 6.29. The summed E-state index contributed by atoms with van der Waals surface area (Å²) in [7, 11) is 0. The molecule has 1 aromatic heterocycles. The van der Waals surface area contributed by atoms with Crippen LogP contribution in [-0.2, 0) is 0 Å². The van der Waals surface area contributed by atoms with Crippen molar-refractivity contribution in [1.29, 1.82) is 0 Å². The van der Waals surface area contributed by atoms with Crippen LogP contribution in [0.1, 0.15) is 5.76 Å². The first-order valence-corrected chi connectivity index (χ1v) is 2.88. The molecule has 0 spiro atoms. The van der Waals surface area contributed by atoms with Gasteiger partial charge in [-0.1, -0.05) is 18.0 Å². The minimum absolute atomic E-state index is 0.187. The zero-order chi connectivity index (χ0) is 6.85. The zero-order valence-electron chi connectivity index (χ0n) is 4.88. The summed E-state index contributed by atoms with van der Waals surface area (Å²) < 4.78 is 5.08. The highest BCUT2D eigenvalue weighted by Gasteiger charge is 1.86. The predicted octanol–water partition coefficient (Wildman–Crippen LogP) is 1.39. The molecular weight excluding hydrogens is 136 g/mol. The predicted molar refractivity (Wildman–Crippen MR) is 33.7 cm³/mol. The Morgan fingerprint density at radius 1 is 1.67 bits per heavy atom. The smallest absolute Gasteiger partial charge is 0.0937 e. The van der Waals surface area contributed by atoms with Crippen LogP contribution in [0.4, 0.5) is 0 Å². The van der Waals surface area contributed by atoms with Crippen molar-refractivity contribution in [3.05, 3.63) is 22.6 Å². The van der Waals surface area contributed by atoms with E-state index >= 15 is 0 Å². The maximum Gasteiger partial charge on any atom is 0.0937 e. The quantitative estimate of drug-likeness (QED) is 0.512. The molecule has 48 valence electrons. The van der Waals surface area contributed by atoms with Crippen molar-refractivity contribution in [3.63, 3.8) is 0 Å². The SMILES string of the molecule is Cc1occc(=S)c1[O-]. The normalized spacial score (nSPS) is 9.44. The van der Waals surface area contributed by atoms with Gasteiger partial charge in [-0.2, -0.15) is 0 Å². The lowest BCUT2D eigenvalue weighted by Gasteiger charge is -2.05. The Labute approximate surface area is 57.8 Å². The summed E-state index contributed by atoms with van der Waals surface area (Å²) in [6.07, 6.45) is 1.42. The van der Waals surface area contributed by atoms with Crippen LogP contribution in [0.3, 0.4) is 0 Å². The Bertz CT molecular complexity index is 264. The Hall–Kier alpha value is -0.830. The molecule has 1 heterocycles. The fourth-order valence-corrected chi connectivity index (χ4v) is 0.700. The van der Waals surface area contributed by atoms with E-state index in [4.69, 9.17) is 4.42 Å². The molecule has 0 radical (unpaired) electrons. The second kappa shape index (κ2) is 2.19. The summed E-state index contributed by atoms with van der Waals surface area (Å²) in [6.45, 7) is 1.60. The molecule has 0 unspecified atom stereocenters. The molecule has 3 heteroatoms. The van der Waals surface area contributed by atoms with E-state index in [2.05, 4.69) is 12.2 Å². The van der Waals surface area contributed by atoms with Crippen molar-refractivity contribution in [2.24, 2.45) is 0 Å². The lowest BCUT2D eigenvalue weighted by Crippen LogP contribution is -1.92. The van der Waals surface area contributed by atoms with E-state index in [-0.39, 0.29) is 5.75 Å². The molecule has 0 aliphatic rings. The van der Waals surface area contributed by atoms with Gasteiger partial charge in [-0.05, 0) is 13.0 Å². The lowest BCUT2D eigenvalue weighted by atomic mass is 10.4. The molecule has 1 aromatic rings. The van der Waals surface area contributed by atoms with E-state index in [1.54, 1.807) is 6.92 Å². The van der Waals surface area contributed by atoms with Crippen LogP contribution in [0, 0.1) is 11.4 Å². The molecule has 0 aromatic carbocycles. The average Bonchev–Trinajstić information content (AvgIpc) is 1.83. The summed E-state index contributed by atoms with van der Waals surface area (Å²) >= 11 is 4.67. The van der Waals surface area contributed by atoms with Crippen molar-refractivity contribution in [2.75, 3.05) is 0 Å². The fraction of sp³-hybridized carbons (Fsp3) is 0.167. The number of rotatable bonds is 0. The van der Waals surface area contributed by atoms with E-state index < -0.39 is 0 Å². The largest absolute Gasteiger partial charge is 0.869 e. The van der Waals surface area contributed by atoms with Gasteiger partial charge in [0.2, 0.25) is 0 Å². The maximum atomic E-state index is 10.8. The minimum Gasteiger partial charge on any atom is -0.869 e. The third-order valence-corrected chi connectivity index (χ3v) is 1.33. The highest BCUT2D eigenvalue weighted by molar-refractivity contribution is 7.71. The van der Waals surface area contributed by atoms with Gasteiger partial charge >= 0.3 is 0 Å². The van der Waals surface area contributed by atoms with Crippen LogP contribution in [0.2, 0.25) is 0 Å². The van der Waals surface area contributed by atoms with Gasteiger partial charge in [0.25, 0.3) is 0 Å². The van der Waals surface area contributed by atoms with Gasteiger partial charge in [-0.15, -0.1) is 0 Å². The summed E-state index contributed by atoms with van der Waals surface area (Å²) in [5.41, 5.74) is 0. The van der Waals surface area contributed by atoms with E-state index in [0.717, 1.165) is 0 Å². The molecule has 0 aliphatic heterocycles. The summed E-state index contributed by atoms with van der Waals surface area (Å²) in [5, 5.41) is 10.8. The summed E-state index contributed by atoms with van der Waals surface area (Å²) in [4.78, 5) is 0. The van der Waals surface area contributed by atoms with E-state index in [1.807, 2.05) is 0 Å². The number of hydrogen-bond donors (Lipinski definition) is 0. The molecule has 0 bridgehead atoms. The highest BCUT2D eigenvalue weighted by Crippen LogP contribution is 2.12. The lowest BCUT2D eigenvalue weighted by molar-refractivity contribution is -0.272. The van der Waals surface area contributed by atoms with Gasteiger partial charge in [0.05, 0.1) is 12.0 Å². The Kier molecular flexibility index (Phi) is 1.53. The van der Waals surface area contributed by atoms with Crippen molar-refractivity contribution < 1.29 is 9.52 Å². The maximum absolute atomic E-state index is 10.8. The molecule has 0 aliphatic carbocycles. The molecule has 0 atom stereocenters. The molecule has 1 rings (SSSR count). The van der Waals surface area contributed by atoms with Crippen molar-refractivity contribution in [2.45, 2.75) is 6.92 Å². The first-order valence-electron chi connectivity index (χ1n) is 2.47. The minimum atomic E-state index is -0.187. The van der Waals surface area contributed by atoms with Gasteiger partial charge in [-0.25, -0.2) is 0 Å². The third-order valence-electron chi connectivity index (χ3n) is 1.01. The monoisotopic (exact) mass is 141 g/mol. The van der Waals surface area contributed by atoms with Crippen LogP contribution < -0.4 is 5.11 Å². The third kappa shape index (κ3) is 1.10. The Balaban J connectivity index is 3.43. The first-order chi connectivity index (χ1) is 4.22. The molecule has 0 N–H and O–H groups in total. The van der Waals surface area contributed by atoms with E-state index in [9.17, 15) is 5.11 Å². The second-order valence-corrected chi connectivity index (χ2v) is 2.11. The van der Waals surface area contributed by atoms with E-state index in [0.29, 0.717) is 10.3 Å². The Morgan fingerprint density at radius 3 is 2.78 bits per heavy atom. The summed E-state index contributed by atoms with van der Waals surface area (Å²) in [5.74, 6) is 0.162. The van der Waals surface area contributed by atoms with E-state index in [1.165, 1.54) is 12.3 Å². The van der Waals surface area contributed by atoms with Gasteiger partial charge in [0, 0.05) is 4.51 Å². The molecule has 0 saturated carbocycles. The highest BCUT2D eigenvalue weighted by atomic mass is 32.1. The molecule has 0 saturated heterocycles. The van der Waals surface area contributed by atoms with Crippen LogP contribution in [0.25, 0.3) is 0 Å². The van der Waals surface area contributed by atoms with Crippen molar-refractivity contribution in [3.8, 4) is 5.75 Å². The topological polar surface area (TPSA) is 36.2 Å². The fourth-order valence-electron chi connectivity index (χ4n) is 0.501. The average molecular weight is 141 g/mol. The van der Waals surface area contributed by atoms with Crippen molar-refractivity contribution >= 4 is 12.2 Å². The Morgan fingerprint density at radius 2 is 2.33 bits per heavy atom. The second-order valence-electron chi connectivity index (χ2n) is 1.67. The van der Waals surface area contributed by atoms with Gasteiger partial charge < -0.3 is 9.52 Å².